The Morgan fingerprint density at radius 3 is 2.79 bits per heavy atom. The fourth-order valence-corrected chi connectivity index (χ4v) is 1.27. The molecule has 0 aliphatic rings. The molecule has 3 aromatic rings. The van der Waals surface area contributed by atoms with E-state index in [2.05, 4.69) is 26.5 Å². The first-order valence-corrected chi connectivity index (χ1v) is 4.18. The first-order chi connectivity index (χ1) is 6.93. The van der Waals surface area contributed by atoms with E-state index in [0.717, 1.165) is 5.69 Å². The molecule has 0 aliphatic heterocycles. The van der Waals surface area contributed by atoms with Crippen molar-refractivity contribution in [2.45, 2.75) is 0 Å². The number of nitrogens with one attached hydrogen (secondary N) is 1. The SMILES string of the molecule is [c]1nc2nn(-c3ccccc3)nc2[nH]1. The van der Waals surface area contributed by atoms with Crippen molar-refractivity contribution < 1.29 is 0 Å². The van der Waals surface area contributed by atoms with Crippen molar-refractivity contribution in [3.63, 3.8) is 0 Å². The molecule has 1 aromatic carbocycles. The Labute approximate surface area is 79.4 Å². The quantitative estimate of drug-likeness (QED) is 0.612. The number of aromatic nitrogens is 5. The molecule has 5 nitrogen and oxygen atoms in total. The summed E-state index contributed by atoms with van der Waals surface area (Å²) < 4.78 is 0. The van der Waals surface area contributed by atoms with E-state index in [1.807, 2.05) is 30.3 Å². The van der Waals surface area contributed by atoms with Crippen LogP contribution in [0.25, 0.3) is 17.0 Å². The van der Waals surface area contributed by atoms with E-state index < -0.39 is 0 Å². The molecule has 14 heavy (non-hydrogen) atoms. The second kappa shape index (κ2) is 2.66. The number of hydrogen-bond donors (Lipinski definition) is 1. The van der Waals surface area contributed by atoms with E-state index >= 15 is 0 Å². The monoisotopic (exact) mass is 184 g/mol. The third-order valence-corrected chi connectivity index (χ3v) is 1.92. The molecular weight excluding hydrogens is 178 g/mol. The average Bonchev–Trinajstić information content (AvgIpc) is 2.78. The van der Waals surface area contributed by atoms with Crippen molar-refractivity contribution in [1.82, 2.24) is 25.0 Å². The molecule has 0 saturated carbocycles. The Kier molecular flexibility index (Phi) is 1.38. The summed E-state index contributed by atoms with van der Waals surface area (Å²) in [6.07, 6.45) is 2.58. The van der Waals surface area contributed by atoms with E-state index in [9.17, 15) is 0 Å². The summed E-state index contributed by atoms with van der Waals surface area (Å²) in [5.74, 6) is 0. The van der Waals surface area contributed by atoms with Gasteiger partial charge < -0.3 is 4.98 Å². The van der Waals surface area contributed by atoms with Gasteiger partial charge in [-0.3, -0.25) is 0 Å². The summed E-state index contributed by atoms with van der Waals surface area (Å²) >= 11 is 0. The minimum atomic E-state index is 0.578. The molecule has 3 rings (SSSR count). The molecule has 0 bridgehead atoms. The van der Waals surface area contributed by atoms with Crippen LogP contribution in [0.1, 0.15) is 0 Å². The Hall–Kier alpha value is -2.17. The number of fused-ring (bicyclic) bond motifs is 1. The summed E-state index contributed by atoms with van der Waals surface area (Å²) in [6, 6.07) is 9.69. The standard InChI is InChI=1S/C9H6N5/c1-2-4-7(5-3-1)14-12-8-9(13-14)11-6-10-8/h1-5H,(H,10,11,12,13). The average molecular weight is 184 g/mol. The van der Waals surface area contributed by atoms with Gasteiger partial charge in [0.2, 0.25) is 11.3 Å². The Morgan fingerprint density at radius 2 is 2.00 bits per heavy atom. The van der Waals surface area contributed by atoms with E-state index in [-0.39, 0.29) is 0 Å². The molecule has 67 valence electrons. The molecule has 0 saturated heterocycles. The van der Waals surface area contributed by atoms with Crippen molar-refractivity contribution in [3.05, 3.63) is 36.7 Å². The molecule has 0 fully saturated rings. The number of hydrogen-bond acceptors (Lipinski definition) is 3. The molecule has 2 heterocycles. The van der Waals surface area contributed by atoms with Gasteiger partial charge in [-0.05, 0) is 12.1 Å². The van der Waals surface area contributed by atoms with Gasteiger partial charge in [-0.15, -0.1) is 15.0 Å². The molecule has 0 aliphatic carbocycles. The van der Waals surface area contributed by atoms with Crippen LogP contribution in [-0.4, -0.2) is 25.0 Å². The second-order valence-corrected chi connectivity index (χ2v) is 2.85. The summed E-state index contributed by atoms with van der Waals surface area (Å²) in [5.41, 5.74) is 2.14. The maximum Gasteiger partial charge on any atom is 0.221 e. The largest absolute Gasteiger partial charge is 0.317 e. The van der Waals surface area contributed by atoms with Gasteiger partial charge in [-0.1, -0.05) is 18.2 Å². The molecule has 1 N–H and O–H groups in total. The van der Waals surface area contributed by atoms with Crippen LogP contribution in [0.4, 0.5) is 0 Å². The van der Waals surface area contributed by atoms with Crippen molar-refractivity contribution >= 4 is 11.3 Å². The predicted molar refractivity (Wildman–Crippen MR) is 49.8 cm³/mol. The highest BCUT2D eigenvalue weighted by atomic mass is 15.5. The number of benzene rings is 1. The van der Waals surface area contributed by atoms with E-state index in [4.69, 9.17) is 0 Å². The number of imidazole rings is 1. The zero-order valence-electron chi connectivity index (χ0n) is 7.18. The van der Waals surface area contributed by atoms with Crippen molar-refractivity contribution in [2.24, 2.45) is 0 Å². The van der Waals surface area contributed by atoms with Crippen molar-refractivity contribution in [1.29, 1.82) is 0 Å². The topological polar surface area (TPSA) is 59.4 Å². The number of H-pyrrole nitrogens is 1. The summed E-state index contributed by atoms with van der Waals surface area (Å²) in [4.78, 5) is 8.21. The minimum Gasteiger partial charge on any atom is -0.317 e. The van der Waals surface area contributed by atoms with Crippen LogP contribution in [0.15, 0.2) is 30.3 Å². The highest BCUT2D eigenvalue weighted by Gasteiger charge is 2.05. The van der Waals surface area contributed by atoms with Crippen molar-refractivity contribution in [2.75, 3.05) is 0 Å². The van der Waals surface area contributed by atoms with Crippen LogP contribution in [-0.2, 0) is 0 Å². The first kappa shape index (κ1) is 7.25. The van der Waals surface area contributed by atoms with E-state index in [0.29, 0.717) is 11.3 Å². The fourth-order valence-electron chi connectivity index (χ4n) is 1.27. The number of aromatic amines is 1. The molecule has 5 heteroatoms. The molecule has 0 spiro atoms. The predicted octanol–water partition coefficient (Wildman–Crippen LogP) is 0.944. The highest BCUT2D eigenvalue weighted by Crippen LogP contribution is 2.07. The van der Waals surface area contributed by atoms with Crippen molar-refractivity contribution in [3.8, 4) is 5.69 Å². The molecule has 2 aromatic heterocycles. The third kappa shape index (κ3) is 0.990. The zero-order chi connectivity index (χ0) is 9.38. The lowest BCUT2D eigenvalue weighted by atomic mass is 10.3. The van der Waals surface area contributed by atoms with Crippen LogP contribution in [0.5, 0.6) is 0 Å². The van der Waals surface area contributed by atoms with Gasteiger partial charge in [0, 0.05) is 0 Å². The summed E-state index contributed by atoms with van der Waals surface area (Å²) in [7, 11) is 0. The van der Waals surface area contributed by atoms with Gasteiger partial charge in [0.05, 0.1) is 5.69 Å². The smallest absolute Gasteiger partial charge is 0.221 e. The van der Waals surface area contributed by atoms with Crippen LogP contribution in [0.2, 0.25) is 0 Å². The Bertz CT molecular complexity index is 522. The van der Waals surface area contributed by atoms with Gasteiger partial charge >= 0.3 is 0 Å². The molecule has 1 radical (unpaired) electrons. The fraction of sp³-hybridized carbons (Fsp3) is 0. The number of para-hydroxylation sites is 1. The zero-order valence-corrected chi connectivity index (χ0v) is 7.18. The summed E-state index contributed by atoms with van der Waals surface area (Å²) in [5, 5.41) is 8.37. The van der Waals surface area contributed by atoms with Gasteiger partial charge in [-0.25, -0.2) is 4.98 Å². The maximum absolute atomic E-state index is 4.20. The number of rotatable bonds is 1. The molecule has 0 amide bonds. The number of nitrogens with zero attached hydrogens (tertiary/aromatic N) is 4. The van der Waals surface area contributed by atoms with Gasteiger partial charge in [0.15, 0.2) is 6.33 Å². The molecular formula is C9H6N5. The minimum absolute atomic E-state index is 0.578. The van der Waals surface area contributed by atoms with E-state index in [1.165, 1.54) is 0 Å². The molecule has 0 unspecified atom stereocenters. The highest BCUT2D eigenvalue weighted by molar-refractivity contribution is 5.63. The van der Waals surface area contributed by atoms with Crippen LogP contribution < -0.4 is 0 Å². The lowest BCUT2D eigenvalue weighted by Gasteiger charge is -1.95. The second-order valence-electron chi connectivity index (χ2n) is 2.85. The van der Waals surface area contributed by atoms with Gasteiger partial charge in [0.1, 0.15) is 0 Å². The summed E-state index contributed by atoms with van der Waals surface area (Å²) in [6.45, 7) is 0. The van der Waals surface area contributed by atoms with Gasteiger partial charge in [0.25, 0.3) is 0 Å². The van der Waals surface area contributed by atoms with Crippen LogP contribution in [0.3, 0.4) is 0 Å². The third-order valence-electron chi connectivity index (χ3n) is 1.92. The lowest BCUT2D eigenvalue weighted by Crippen LogP contribution is -1.98. The van der Waals surface area contributed by atoms with Crippen LogP contribution >= 0.6 is 0 Å². The van der Waals surface area contributed by atoms with Gasteiger partial charge in [-0.2, -0.15) is 0 Å². The van der Waals surface area contributed by atoms with Crippen LogP contribution in [0, 0.1) is 6.33 Å². The molecule has 0 atom stereocenters. The first-order valence-electron chi connectivity index (χ1n) is 4.18. The van der Waals surface area contributed by atoms with E-state index in [1.54, 1.807) is 4.80 Å². The lowest BCUT2D eigenvalue weighted by molar-refractivity contribution is 0.758. The Balaban J connectivity index is 2.19. The Morgan fingerprint density at radius 1 is 1.14 bits per heavy atom. The normalized spacial score (nSPS) is 10.9. The maximum atomic E-state index is 4.20.